The minimum Gasteiger partial charge on any atom is -0.353 e. The normalized spacial score (nSPS) is 17.6. The summed E-state index contributed by atoms with van der Waals surface area (Å²) in [5.41, 5.74) is 2.39. The van der Waals surface area contributed by atoms with Crippen molar-refractivity contribution >= 4 is 11.6 Å². The Hall–Kier alpha value is -1.61. The summed E-state index contributed by atoms with van der Waals surface area (Å²) in [6.07, 6.45) is -1.10. The fourth-order valence-electron chi connectivity index (χ4n) is 1.97. The molecular weight excluding hydrogens is 261 g/mol. The molecule has 0 amide bonds. The highest BCUT2D eigenvalue weighted by atomic mass is 19.4. The van der Waals surface area contributed by atoms with Gasteiger partial charge in [0.05, 0.1) is 18.9 Å². The molecule has 0 aromatic carbocycles. The summed E-state index contributed by atoms with van der Waals surface area (Å²) in [6.45, 7) is 0.803. The zero-order chi connectivity index (χ0) is 13.9. The SMILES string of the molecule is NNc1cncc(N2CCN(CC(F)(F)F)CC2)n1. The predicted octanol–water partition coefficient (Wildman–Crippen LogP) is 0.446. The van der Waals surface area contributed by atoms with E-state index in [4.69, 9.17) is 5.84 Å². The zero-order valence-corrected chi connectivity index (χ0v) is 10.2. The molecule has 0 aliphatic carbocycles. The molecule has 1 aromatic rings. The number of nitrogens with zero attached hydrogens (tertiary/aromatic N) is 4. The van der Waals surface area contributed by atoms with Gasteiger partial charge in [0.1, 0.15) is 5.82 Å². The van der Waals surface area contributed by atoms with Gasteiger partial charge in [-0.2, -0.15) is 13.2 Å². The lowest BCUT2D eigenvalue weighted by Crippen LogP contribution is -2.49. The number of nitrogens with two attached hydrogens (primary N) is 1. The van der Waals surface area contributed by atoms with E-state index in [-0.39, 0.29) is 0 Å². The summed E-state index contributed by atoms with van der Waals surface area (Å²) in [7, 11) is 0. The number of nitrogens with one attached hydrogen (secondary N) is 1. The van der Waals surface area contributed by atoms with E-state index in [9.17, 15) is 13.2 Å². The first kappa shape index (κ1) is 13.8. The molecule has 0 saturated carbocycles. The molecule has 0 unspecified atom stereocenters. The molecule has 1 saturated heterocycles. The molecule has 6 nitrogen and oxygen atoms in total. The van der Waals surface area contributed by atoms with Gasteiger partial charge in [0.2, 0.25) is 0 Å². The molecule has 0 bridgehead atoms. The number of rotatable bonds is 3. The van der Waals surface area contributed by atoms with Crippen LogP contribution in [0.2, 0.25) is 0 Å². The predicted molar refractivity (Wildman–Crippen MR) is 64.6 cm³/mol. The van der Waals surface area contributed by atoms with Crippen LogP contribution in [-0.4, -0.2) is 53.8 Å². The smallest absolute Gasteiger partial charge is 0.353 e. The number of alkyl halides is 3. The van der Waals surface area contributed by atoms with E-state index in [1.54, 1.807) is 6.20 Å². The Kier molecular flexibility index (Phi) is 4.05. The molecule has 1 fully saturated rings. The number of halogens is 3. The van der Waals surface area contributed by atoms with Crippen molar-refractivity contribution in [3.05, 3.63) is 12.4 Å². The topological polar surface area (TPSA) is 70.3 Å². The number of hydrogen-bond acceptors (Lipinski definition) is 6. The average Bonchev–Trinajstić information content (AvgIpc) is 2.38. The van der Waals surface area contributed by atoms with Crippen LogP contribution in [0.5, 0.6) is 0 Å². The van der Waals surface area contributed by atoms with E-state index in [0.29, 0.717) is 37.8 Å². The Morgan fingerprint density at radius 2 is 1.89 bits per heavy atom. The molecule has 2 heterocycles. The quantitative estimate of drug-likeness (QED) is 0.617. The minimum atomic E-state index is -4.15. The lowest BCUT2D eigenvalue weighted by molar-refractivity contribution is -0.146. The van der Waals surface area contributed by atoms with Crippen LogP contribution in [0.4, 0.5) is 24.8 Å². The van der Waals surface area contributed by atoms with E-state index < -0.39 is 12.7 Å². The van der Waals surface area contributed by atoms with Crippen LogP contribution >= 0.6 is 0 Å². The first-order valence-electron chi connectivity index (χ1n) is 5.80. The highest BCUT2D eigenvalue weighted by Gasteiger charge is 2.32. The second-order valence-electron chi connectivity index (χ2n) is 4.29. The highest BCUT2D eigenvalue weighted by Crippen LogP contribution is 2.19. The van der Waals surface area contributed by atoms with E-state index in [0.717, 1.165) is 0 Å². The fourth-order valence-corrected chi connectivity index (χ4v) is 1.97. The number of hydrazine groups is 1. The Balaban J connectivity index is 1.92. The molecule has 3 N–H and O–H groups in total. The van der Waals surface area contributed by atoms with Gasteiger partial charge >= 0.3 is 6.18 Å². The van der Waals surface area contributed by atoms with Crippen molar-refractivity contribution in [1.82, 2.24) is 14.9 Å². The van der Waals surface area contributed by atoms with Gasteiger partial charge in [-0.25, -0.2) is 10.8 Å². The summed E-state index contributed by atoms with van der Waals surface area (Å²) in [5.74, 6) is 6.27. The van der Waals surface area contributed by atoms with Crippen molar-refractivity contribution < 1.29 is 13.2 Å². The van der Waals surface area contributed by atoms with Crippen LogP contribution in [0, 0.1) is 0 Å². The lowest BCUT2D eigenvalue weighted by Gasteiger charge is -2.35. The molecule has 0 spiro atoms. The highest BCUT2D eigenvalue weighted by molar-refractivity contribution is 5.43. The van der Waals surface area contributed by atoms with Crippen LogP contribution in [0.25, 0.3) is 0 Å². The Morgan fingerprint density at radius 1 is 1.21 bits per heavy atom. The maximum Gasteiger partial charge on any atom is 0.401 e. The van der Waals surface area contributed by atoms with Crippen molar-refractivity contribution in [2.45, 2.75) is 6.18 Å². The van der Waals surface area contributed by atoms with E-state index in [2.05, 4.69) is 15.4 Å². The molecule has 0 atom stereocenters. The second-order valence-corrected chi connectivity index (χ2v) is 4.29. The third-order valence-electron chi connectivity index (χ3n) is 2.87. The number of aromatic nitrogens is 2. The Labute approximate surface area is 108 Å². The van der Waals surface area contributed by atoms with Gasteiger partial charge in [-0.3, -0.25) is 9.88 Å². The van der Waals surface area contributed by atoms with Crippen LogP contribution in [0.1, 0.15) is 0 Å². The van der Waals surface area contributed by atoms with Gasteiger partial charge in [0, 0.05) is 26.2 Å². The average molecular weight is 276 g/mol. The lowest BCUT2D eigenvalue weighted by atomic mass is 10.3. The third kappa shape index (κ3) is 3.93. The molecule has 19 heavy (non-hydrogen) atoms. The van der Waals surface area contributed by atoms with Crippen molar-refractivity contribution in [1.29, 1.82) is 0 Å². The second kappa shape index (κ2) is 5.57. The standard InChI is InChI=1S/C10H15F3N6/c11-10(12,13)7-18-1-3-19(4-2-18)9-6-15-5-8(16-9)17-14/h5-6H,1-4,7,14H2,(H,16,17). The summed E-state index contributed by atoms with van der Waals surface area (Å²) in [6, 6.07) is 0. The molecule has 1 aliphatic rings. The van der Waals surface area contributed by atoms with Crippen LogP contribution < -0.4 is 16.2 Å². The van der Waals surface area contributed by atoms with Crippen molar-refractivity contribution in [2.24, 2.45) is 5.84 Å². The number of hydrogen-bond donors (Lipinski definition) is 2. The molecule has 0 radical (unpaired) electrons. The van der Waals surface area contributed by atoms with E-state index >= 15 is 0 Å². The maximum absolute atomic E-state index is 12.3. The Bertz CT molecular complexity index is 416. The maximum atomic E-state index is 12.3. The van der Waals surface area contributed by atoms with Crippen molar-refractivity contribution in [2.75, 3.05) is 43.0 Å². The number of anilines is 2. The van der Waals surface area contributed by atoms with E-state index in [1.807, 2.05) is 4.90 Å². The fraction of sp³-hybridized carbons (Fsp3) is 0.600. The monoisotopic (exact) mass is 276 g/mol. The molecule has 2 rings (SSSR count). The van der Waals surface area contributed by atoms with Crippen LogP contribution in [0.3, 0.4) is 0 Å². The van der Waals surface area contributed by atoms with Gasteiger partial charge < -0.3 is 10.3 Å². The van der Waals surface area contributed by atoms with Crippen LogP contribution in [-0.2, 0) is 0 Å². The first-order valence-corrected chi connectivity index (χ1v) is 5.80. The van der Waals surface area contributed by atoms with Crippen molar-refractivity contribution in [3.8, 4) is 0 Å². The zero-order valence-electron chi connectivity index (χ0n) is 10.2. The van der Waals surface area contributed by atoms with Gasteiger partial charge in [-0.15, -0.1) is 0 Å². The largest absolute Gasteiger partial charge is 0.401 e. The Morgan fingerprint density at radius 3 is 2.47 bits per heavy atom. The summed E-state index contributed by atoms with van der Waals surface area (Å²) in [4.78, 5) is 11.4. The number of piperazine rings is 1. The van der Waals surface area contributed by atoms with Gasteiger partial charge in [-0.1, -0.05) is 0 Å². The number of nitrogen functional groups attached to an aromatic ring is 1. The summed E-state index contributed by atoms with van der Waals surface area (Å²) < 4.78 is 36.8. The molecule has 106 valence electrons. The van der Waals surface area contributed by atoms with Gasteiger partial charge in [-0.05, 0) is 0 Å². The van der Waals surface area contributed by atoms with E-state index in [1.165, 1.54) is 11.1 Å². The molecular formula is C10H15F3N6. The van der Waals surface area contributed by atoms with Crippen LogP contribution in [0.15, 0.2) is 12.4 Å². The van der Waals surface area contributed by atoms with Gasteiger partial charge in [0.15, 0.2) is 5.82 Å². The van der Waals surface area contributed by atoms with Crippen molar-refractivity contribution in [3.63, 3.8) is 0 Å². The third-order valence-corrected chi connectivity index (χ3v) is 2.87. The summed E-state index contributed by atoms with van der Waals surface area (Å²) >= 11 is 0. The van der Waals surface area contributed by atoms with Gasteiger partial charge in [0.25, 0.3) is 0 Å². The molecule has 1 aliphatic heterocycles. The minimum absolute atomic E-state index is 0.349. The molecule has 9 heteroatoms. The summed E-state index contributed by atoms with van der Waals surface area (Å²) in [5, 5.41) is 0. The first-order chi connectivity index (χ1) is 8.98. The molecule has 1 aromatic heterocycles.